The number of nitrogens with zero attached hydrogens (tertiary/aromatic N) is 1. The quantitative estimate of drug-likeness (QED) is 0.339. The molecule has 0 aliphatic carbocycles. The molecule has 0 radical (unpaired) electrons. The molecule has 3 rings (SSSR count). The second kappa shape index (κ2) is 11.4. The molecule has 2 amide bonds. The summed E-state index contributed by atoms with van der Waals surface area (Å²) in [7, 11) is -1.70. The maximum absolute atomic E-state index is 15.1. The Hall–Kier alpha value is -3.23. The summed E-state index contributed by atoms with van der Waals surface area (Å²) in [5.41, 5.74) is -0.0767. The van der Waals surface area contributed by atoms with Crippen LogP contribution in [-0.4, -0.2) is 56.9 Å². The highest BCUT2D eigenvalue weighted by atomic mass is 32.2. The number of aromatic nitrogens is 1. The molecule has 1 aromatic heterocycles. The van der Waals surface area contributed by atoms with E-state index in [2.05, 4.69) is 10.3 Å². The number of methoxy groups -OCH3 is 2. The summed E-state index contributed by atoms with van der Waals surface area (Å²) in [5.74, 6) is -6.27. The van der Waals surface area contributed by atoms with E-state index in [0.717, 1.165) is 30.0 Å². The van der Waals surface area contributed by atoms with Gasteiger partial charge in [-0.25, -0.2) is 13.4 Å². The predicted octanol–water partition coefficient (Wildman–Crippen LogP) is 4.57. The Labute approximate surface area is 220 Å². The number of benzene rings is 2. The van der Waals surface area contributed by atoms with Gasteiger partial charge >= 0.3 is 5.92 Å². The van der Waals surface area contributed by atoms with E-state index < -0.39 is 32.8 Å². The second-order valence-corrected chi connectivity index (χ2v) is 11.8. The van der Waals surface area contributed by atoms with Gasteiger partial charge in [0.15, 0.2) is 19.9 Å². The molecule has 9 nitrogen and oxygen atoms in total. The van der Waals surface area contributed by atoms with Crippen LogP contribution < -0.4 is 20.1 Å². The number of thiazole rings is 1. The van der Waals surface area contributed by atoms with Crippen molar-refractivity contribution in [2.45, 2.75) is 27.3 Å². The molecular weight excluding hydrogens is 548 g/mol. The number of ether oxygens (including phenoxy) is 2. The third-order valence-corrected chi connectivity index (χ3v) is 9.34. The number of rotatable bonds is 10. The van der Waals surface area contributed by atoms with Crippen LogP contribution in [0.5, 0.6) is 11.5 Å². The third-order valence-electron chi connectivity index (χ3n) is 5.23. The molecule has 3 aromatic rings. The minimum absolute atomic E-state index is 0.247. The molecule has 1 heterocycles. The second-order valence-electron chi connectivity index (χ2n) is 7.46. The number of halogens is 2. The van der Waals surface area contributed by atoms with E-state index in [0.29, 0.717) is 10.1 Å². The summed E-state index contributed by atoms with van der Waals surface area (Å²) in [6.45, 7) is 0.755. The van der Waals surface area contributed by atoms with Crippen LogP contribution in [0.25, 0.3) is 0 Å². The van der Waals surface area contributed by atoms with Crippen LogP contribution in [0, 0.1) is 0 Å². The maximum atomic E-state index is 15.1. The molecule has 0 aliphatic heterocycles. The first-order valence-electron chi connectivity index (χ1n) is 10.5. The summed E-state index contributed by atoms with van der Waals surface area (Å²) in [6, 6.07) is 11.3. The largest absolute Gasteiger partial charge is 0.497 e. The molecule has 14 heteroatoms. The molecule has 1 unspecified atom stereocenters. The smallest absolute Gasteiger partial charge is 0.341 e. The third kappa shape index (κ3) is 6.02. The van der Waals surface area contributed by atoms with Crippen molar-refractivity contribution in [3.8, 4) is 11.5 Å². The highest BCUT2D eigenvalue weighted by molar-refractivity contribution is 8.00. The van der Waals surface area contributed by atoms with Crippen LogP contribution in [0.2, 0.25) is 0 Å². The minimum atomic E-state index is -4.54. The van der Waals surface area contributed by atoms with E-state index in [9.17, 15) is 18.0 Å². The summed E-state index contributed by atoms with van der Waals surface area (Å²) < 4.78 is 66.3. The monoisotopic (exact) mass is 571 g/mol. The Balaban J connectivity index is 1.87. The van der Waals surface area contributed by atoms with Crippen LogP contribution in [0.4, 0.5) is 19.5 Å². The standard InChI is InChI=1S/C23H23F2N3O6S3/c1-13(37(31,32)15-8-6-5-7-9-15)23(24,25)21(30)28-20-18(27-22(35-4)36-20)19(29)26-16-11-10-14(33-2)12-17(16)34-3/h5-13H,1-4H3,(H,26,29)(H,28,30). The minimum Gasteiger partial charge on any atom is -0.497 e. The van der Waals surface area contributed by atoms with Gasteiger partial charge in [-0.05, 0) is 37.4 Å². The number of thioether (sulfide) groups is 1. The van der Waals surface area contributed by atoms with Crippen molar-refractivity contribution in [2.75, 3.05) is 31.1 Å². The number of hydrogen-bond acceptors (Lipinski definition) is 9. The number of carbonyl (C=O) groups is 2. The van der Waals surface area contributed by atoms with Crippen LogP contribution in [-0.2, 0) is 14.6 Å². The fourth-order valence-corrected chi connectivity index (χ4v) is 5.99. The van der Waals surface area contributed by atoms with Gasteiger partial charge in [0.05, 0.1) is 24.8 Å². The molecule has 0 fully saturated rings. The lowest BCUT2D eigenvalue weighted by molar-refractivity contribution is -0.139. The number of carbonyl (C=O) groups excluding carboxylic acids is 2. The van der Waals surface area contributed by atoms with Gasteiger partial charge < -0.3 is 20.1 Å². The number of nitrogens with one attached hydrogen (secondary N) is 2. The first-order valence-corrected chi connectivity index (χ1v) is 14.1. The van der Waals surface area contributed by atoms with E-state index in [4.69, 9.17) is 9.47 Å². The van der Waals surface area contributed by atoms with Gasteiger partial charge in [-0.2, -0.15) is 8.78 Å². The molecule has 0 spiro atoms. The average Bonchev–Trinajstić information content (AvgIpc) is 3.31. The zero-order valence-electron chi connectivity index (χ0n) is 20.1. The van der Waals surface area contributed by atoms with Gasteiger partial charge in [-0.15, -0.1) is 0 Å². The van der Waals surface area contributed by atoms with Crippen LogP contribution >= 0.6 is 23.1 Å². The zero-order chi connectivity index (χ0) is 27.4. The Bertz CT molecular complexity index is 1400. The molecule has 2 N–H and O–H groups in total. The molecule has 0 aliphatic rings. The molecular formula is C23H23F2N3O6S3. The van der Waals surface area contributed by atoms with Gasteiger partial charge in [0.25, 0.3) is 11.8 Å². The van der Waals surface area contributed by atoms with Crippen molar-refractivity contribution in [2.24, 2.45) is 0 Å². The predicted molar refractivity (Wildman–Crippen MR) is 138 cm³/mol. The SMILES string of the molecule is COc1ccc(NC(=O)c2nc(SC)sc2NC(=O)C(F)(F)C(C)S(=O)(=O)c2ccccc2)c(OC)c1. The first-order chi connectivity index (χ1) is 17.4. The number of alkyl halides is 2. The Morgan fingerprint density at radius 3 is 2.35 bits per heavy atom. The topological polar surface area (TPSA) is 124 Å². The maximum Gasteiger partial charge on any atom is 0.341 e. The molecule has 1 atom stereocenters. The van der Waals surface area contributed by atoms with Crippen molar-refractivity contribution in [3.63, 3.8) is 0 Å². The van der Waals surface area contributed by atoms with E-state index in [-0.39, 0.29) is 27.0 Å². The Morgan fingerprint density at radius 1 is 1.08 bits per heavy atom. The van der Waals surface area contributed by atoms with E-state index in [1.807, 2.05) is 5.32 Å². The first kappa shape index (κ1) is 28.3. The fourth-order valence-electron chi connectivity index (χ4n) is 3.09. The van der Waals surface area contributed by atoms with Gasteiger partial charge in [0.2, 0.25) is 0 Å². The molecule has 198 valence electrons. The molecule has 2 aromatic carbocycles. The molecule has 0 saturated carbocycles. The van der Waals surface area contributed by atoms with Gasteiger partial charge in [0, 0.05) is 6.07 Å². The van der Waals surface area contributed by atoms with E-state index in [1.54, 1.807) is 12.3 Å². The Kier molecular flexibility index (Phi) is 8.76. The number of anilines is 2. The fraction of sp³-hybridized carbons (Fsp3) is 0.261. The van der Waals surface area contributed by atoms with Gasteiger partial charge in [-0.3, -0.25) is 9.59 Å². The van der Waals surface area contributed by atoms with Gasteiger partial charge in [-0.1, -0.05) is 41.3 Å². The molecule has 0 saturated heterocycles. The van der Waals surface area contributed by atoms with E-state index in [1.165, 1.54) is 56.7 Å². The lowest BCUT2D eigenvalue weighted by Crippen LogP contribution is -2.47. The van der Waals surface area contributed by atoms with Crippen LogP contribution in [0.15, 0.2) is 57.8 Å². The number of amides is 2. The summed E-state index contributed by atoms with van der Waals surface area (Å²) >= 11 is 1.93. The summed E-state index contributed by atoms with van der Waals surface area (Å²) in [4.78, 5) is 29.4. The number of hydrogen-bond donors (Lipinski definition) is 2. The average molecular weight is 572 g/mol. The highest BCUT2D eigenvalue weighted by Gasteiger charge is 2.52. The number of sulfone groups is 1. The molecule has 0 bridgehead atoms. The lowest BCUT2D eigenvalue weighted by Gasteiger charge is -2.22. The van der Waals surface area contributed by atoms with Crippen molar-refractivity contribution in [3.05, 3.63) is 54.2 Å². The van der Waals surface area contributed by atoms with Crippen LogP contribution in [0.3, 0.4) is 0 Å². The van der Waals surface area contributed by atoms with Crippen molar-refractivity contribution in [1.82, 2.24) is 4.98 Å². The lowest BCUT2D eigenvalue weighted by atomic mass is 10.2. The summed E-state index contributed by atoms with van der Waals surface area (Å²) in [5, 5.41) is 1.93. The molecule has 37 heavy (non-hydrogen) atoms. The van der Waals surface area contributed by atoms with Crippen LogP contribution in [0.1, 0.15) is 17.4 Å². The van der Waals surface area contributed by atoms with Crippen molar-refractivity contribution >= 4 is 55.4 Å². The van der Waals surface area contributed by atoms with Crippen molar-refractivity contribution in [1.29, 1.82) is 0 Å². The normalized spacial score (nSPS) is 12.5. The summed E-state index contributed by atoms with van der Waals surface area (Å²) in [6.07, 6.45) is 1.65. The zero-order valence-corrected chi connectivity index (χ0v) is 22.5. The van der Waals surface area contributed by atoms with E-state index >= 15 is 8.78 Å². The Morgan fingerprint density at radius 2 is 1.76 bits per heavy atom. The van der Waals surface area contributed by atoms with Gasteiger partial charge in [0.1, 0.15) is 21.8 Å². The van der Waals surface area contributed by atoms with Crippen molar-refractivity contribution < 1.29 is 36.3 Å². The highest BCUT2D eigenvalue weighted by Crippen LogP contribution is 2.36.